The monoisotopic (exact) mass is 483 g/mol. The van der Waals surface area contributed by atoms with Gasteiger partial charge in [0.05, 0.1) is 0 Å². The highest BCUT2D eigenvalue weighted by Gasteiger charge is 2.54. The minimum Gasteiger partial charge on any atom is -0.384 e. The zero-order chi connectivity index (χ0) is 24.6. The fourth-order valence-electron chi connectivity index (χ4n) is 9.42. The van der Waals surface area contributed by atoms with Gasteiger partial charge in [0.25, 0.3) is 5.91 Å². The van der Waals surface area contributed by atoms with Gasteiger partial charge >= 0.3 is 0 Å². The molecule has 9 atom stereocenters. The summed E-state index contributed by atoms with van der Waals surface area (Å²) in [5.41, 5.74) is 0.862. The highest BCUT2D eigenvalue weighted by Crippen LogP contribution is 2.61. The van der Waals surface area contributed by atoms with Crippen molar-refractivity contribution in [1.82, 2.24) is 5.32 Å². The van der Waals surface area contributed by atoms with Crippen LogP contribution in [-0.2, 0) is 4.74 Å². The second kappa shape index (κ2) is 10.5. The molecule has 3 unspecified atom stereocenters. The number of rotatable bonds is 5. The maximum atomic E-state index is 13.3. The number of fused-ring (bicyclic) bond motifs is 4. The quantitative estimate of drug-likeness (QED) is 0.479. The van der Waals surface area contributed by atoms with Crippen LogP contribution in [0.5, 0.6) is 0 Å². The number of halogens is 1. The molecule has 4 aliphatic rings. The predicted molar refractivity (Wildman–Crippen MR) is 139 cm³/mol. The van der Waals surface area contributed by atoms with Gasteiger partial charge in [0.15, 0.2) is 0 Å². The maximum absolute atomic E-state index is 13.3. The van der Waals surface area contributed by atoms with Crippen LogP contribution < -0.4 is 5.32 Å². The van der Waals surface area contributed by atoms with Crippen LogP contribution in [0.2, 0.25) is 0 Å². The Kier molecular flexibility index (Phi) is 7.58. The van der Waals surface area contributed by atoms with E-state index in [9.17, 15) is 9.18 Å². The van der Waals surface area contributed by atoms with Crippen molar-refractivity contribution >= 4 is 5.91 Å². The van der Waals surface area contributed by atoms with Crippen LogP contribution in [0.1, 0.15) is 94.8 Å². The summed E-state index contributed by atoms with van der Waals surface area (Å²) in [4.78, 5) is 12.9. The lowest BCUT2D eigenvalue weighted by molar-refractivity contribution is -0.0734. The van der Waals surface area contributed by atoms with Crippen molar-refractivity contribution < 1.29 is 13.9 Å². The average Bonchev–Trinajstić information content (AvgIpc) is 3.03. The van der Waals surface area contributed by atoms with Crippen molar-refractivity contribution in [1.29, 1.82) is 0 Å². The van der Waals surface area contributed by atoms with Crippen molar-refractivity contribution in [3.8, 4) is 0 Å². The number of hydrogen-bond donors (Lipinski definition) is 1. The minimum absolute atomic E-state index is 0.0685. The van der Waals surface area contributed by atoms with Crippen molar-refractivity contribution in [2.24, 2.45) is 46.8 Å². The van der Waals surface area contributed by atoms with Crippen LogP contribution in [0.15, 0.2) is 24.3 Å². The highest BCUT2D eigenvalue weighted by atomic mass is 19.1. The van der Waals surface area contributed by atoms with Gasteiger partial charge < -0.3 is 10.1 Å². The lowest BCUT2D eigenvalue weighted by atomic mass is 9.48. The topological polar surface area (TPSA) is 38.3 Å². The Balaban J connectivity index is 1.28. The van der Waals surface area contributed by atoms with Gasteiger partial charge in [-0.15, -0.1) is 0 Å². The van der Waals surface area contributed by atoms with Crippen molar-refractivity contribution in [3.63, 3.8) is 0 Å². The minimum atomic E-state index is -0.300. The van der Waals surface area contributed by atoms with Gasteiger partial charge in [-0.25, -0.2) is 4.39 Å². The Labute approximate surface area is 212 Å². The molecule has 1 N–H and O–H groups in total. The van der Waals surface area contributed by atoms with Gasteiger partial charge in [-0.3, -0.25) is 4.79 Å². The third kappa shape index (κ3) is 5.06. The summed E-state index contributed by atoms with van der Waals surface area (Å²) in [6.07, 6.45) is 15.0. The molecule has 35 heavy (non-hydrogen) atoms. The SMILES string of the molecule is COC[C@H]1CC[C@@H]2CC3CC[C@@]4(C)C(CCC[C@@H]4[C@H](C)NC(=O)c4ccc(F)cc4)[C@@H]3CCC2C1. The van der Waals surface area contributed by atoms with Crippen LogP contribution >= 0.6 is 0 Å². The second-order valence-electron chi connectivity index (χ2n) is 12.8. The van der Waals surface area contributed by atoms with Gasteiger partial charge in [0, 0.05) is 25.3 Å². The number of carbonyl (C=O) groups is 1. The molecule has 4 saturated carbocycles. The van der Waals surface area contributed by atoms with Crippen molar-refractivity contribution in [2.45, 2.75) is 90.5 Å². The largest absolute Gasteiger partial charge is 0.384 e. The second-order valence-corrected chi connectivity index (χ2v) is 12.8. The van der Waals surface area contributed by atoms with E-state index in [0.717, 1.165) is 42.1 Å². The van der Waals surface area contributed by atoms with Crippen LogP contribution in [-0.4, -0.2) is 25.7 Å². The van der Waals surface area contributed by atoms with E-state index in [0.29, 0.717) is 16.9 Å². The summed E-state index contributed by atoms with van der Waals surface area (Å²) in [7, 11) is 1.86. The number of methoxy groups -OCH3 is 1. The molecule has 0 saturated heterocycles. The summed E-state index contributed by atoms with van der Waals surface area (Å²) in [6, 6.07) is 6.08. The summed E-state index contributed by atoms with van der Waals surface area (Å²) in [5.74, 6) is 5.34. The Hall–Kier alpha value is -1.42. The van der Waals surface area contributed by atoms with Gasteiger partial charge in [0.1, 0.15) is 5.82 Å². The smallest absolute Gasteiger partial charge is 0.251 e. The lowest BCUT2D eigenvalue weighted by Crippen LogP contribution is -2.54. The predicted octanol–water partition coefficient (Wildman–Crippen LogP) is 7.26. The van der Waals surface area contributed by atoms with Crippen molar-refractivity contribution in [2.75, 3.05) is 13.7 Å². The first-order valence-electron chi connectivity index (χ1n) is 14.4. The first-order valence-corrected chi connectivity index (χ1v) is 14.4. The summed E-state index contributed by atoms with van der Waals surface area (Å²) in [6.45, 7) is 5.72. The van der Waals surface area contributed by atoms with Crippen LogP contribution in [0, 0.1) is 52.7 Å². The number of ether oxygens (including phenoxy) is 1. The molecule has 1 aromatic carbocycles. The third-order valence-corrected chi connectivity index (χ3v) is 11.1. The number of nitrogens with one attached hydrogen (secondary N) is 1. The molecule has 0 spiro atoms. The fourth-order valence-corrected chi connectivity index (χ4v) is 9.42. The normalized spacial score (nSPS) is 39.9. The molecule has 0 heterocycles. The van der Waals surface area contributed by atoms with Crippen LogP contribution in [0.4, 0.5) is 4.39 Å². The van der Waals surface area contributed by atoms with Crippen LogP contribution in [0.3, 0.4) is 0 Å². The van der Waals surface area contributed by atoms with E-state index in [-0.39, 0.29) is 17.8 Å². The number of hydrogen-bond acceptors (Lipinski definition) is 2. The first-order chi connectivity index (χ1) is 16.9. The Morgan fingerprint density at radius 2 is 1.77 bits per heavy atom. The molecule has 4 heteroatoms. The Morgan fingerprint density at radius 1 is 1.03 bits per heavy atom. The molecule has 194 valence electrons. The summed E-state index contributed by atoms with van der Waals surface area (Å²) < 4.78 is 18.8. The molecule has 0 aromatic heterocycles. The average molecular weight is 484 g/mol. The van der Waals surface area contributed by atoms with Crippen LogP contribution in [0.25, 0.3) is 0 Å². The van der Waals surface area contributed by atoms with E-state index in [1.165, 1.54) is 82.8 Å². The van der Waals surface area contributed by atoms with E-state index in [1.54, 1.807) is 12.1 Å². The lowest BCUT2D eigenvalue weighted by Gasteiger charge is -2.57. The van der Waals surface area contributed by atoms with Gasteiger partial charge in [-0.1, -0.05) is 13.3 Å². The van der Waals surface area contributed by atoms with E-state index in [4.69, 9.17) is 4.74 Å². The molecule has 4 fully saturated rings. The number of benzene rings is 1. The molecule has 5 rings (SSSR count). The molecule has 0 bridgehead atoms. The highest BCUT2D eigenvalue weighted by molar-refractivity contribution is 5.94. The van der Waals surface area contributed by atoms with E-state index < -0.39 is 0 Å². The maximum Gasteiger partial charge on any atom is 0.251 e. The molecule has 1 aromatic rings. The van der Waals surface area contributed by atoms with E-state index in [2.05, 4.69) is 19.2 Å². The number of carbonyl (C=O) groups excluding carboxylic acids is 1. The van der Waals surface area contributed by atoms with E-state index >= 15 is 0 Å². The van der Waals surface area contributed by atoms with E-state index in [1.807, 2.05) is 7.11 Å². The molecule has 0 aliphatic heterocycles. The molecule has 0 radical (unpaired) electrons. The standard InChI is InChI=1S/C31H46FNO2/c1-20(33-30(34)22-9-12-26(32)13-10-22)28-5-4-6-29-27-14-11-23-17-21(19-35-3)7-8-24(23)18-25(27)15-16-31(28,29)2/h9-10,12-13,20-21,23-25,27-29H,4-8,11,14-19H2,1-3H3,(H,33,34)/t20-,21-,23?,24+,25?,27+,28+,29?,31+/m0/s1. The molecule has 4 aliphatic carbocycles. The van der Waals surface area contributed by atoms with Gasteiger partial charge in [-0.05, 0) is 142 Å². The molecular formula is C31H46FNO2. The van der Waals surface area contributed by atoms with Crippen molar-refractivity contribution in [3.05, 3.63) is 35.6 Å². The molecular weight excluding hydrogens is 437 g/mol. The first kappa shape index (κ1) is 25.2. The third-order valence-electron chi connectivity index (χ3n) is 11.1. The van der Waals surface area contributed by atoms with Gasteiger partial charge in [-0.2, -0.15) is 0 Å². The zero-order valence-electron chi connectivity index (χ0n) is 22.1. The Morgan fingerprint density at radius 3 is 2.54 bits per heavy atom. The Bertz CT molecular complexity index is 871. The summed E-state index contributed by atoms with van der Waals surface area (Å²) >= 11 is 0. The number of amides is 1. The molecule has 1 amide bonds. The summed E-state index contributed by atoms with van der Waals surface area (Å²) in [5, 5.41) is 3.31. The van der Waals surface area contributed by atoms with Gasteiger partial charge in [0.2, 0.25) is 0 Å². The fraction of sp³-hybridized carbons (Fsp3) is 0.774. The molecule has 3 nitrogen and oxygen atoms in total. The zero-order valence-corrected chi connectivity index (χ0v) is 22.1.